The van der Waals surface area contributed by atoms with Gasteiger partial charge in [0.25, 0.3) is 10.0 Å². The highest BCUT2D eigenvalue weighted by molar-refractivity contribution is 7.89. The highest BCUT2D eigenvalue weighted by Crippen LogP contribution is 2.25. The minimum atomic E-state index is -3.86. The Bertz CT molecular complexity index is 689. The smallest absolute Gasteiger partial charge is 0.307 e. The number of hydrogen-bond donors (Lipinski definition) is 2. The van der Waals surface area contributed by atoms with Gasteiger partial charge in [0.1, 0.15) is 5.60 Å². The Morgan fingerprint density at radius 2 is 1.91 bits per heavy atom. The molecule has 0 bridgehead atoms. The molecule has 0 aromatic carbocycles. The Morgan fingerprint density at radius 1 is 1.30 bits per heavy atom. The molecule has 0 spiro atoms. The molecule has 0 unspecified atom stereocenters. The second kappa shape index (κ2) is 7.37. The monoisotopic (exact) mass is 363 g/mol. The molecule has 0 saturated heterocycles. The summed E-state index contributed by atoms with van der Waals surface area (Å²) in [5.74, 6) is -0.824. The van der Waals surface area contributed by atoms with Gasteiger partial charge in [0.2, 0.25) is 5.91 Å². The van der Waals surface area contributed by atoms with E-state index in [0.29, 0.717) is 4.88 Å². The van der Waals surface area contributed by atoms with Gasteiger partial charge in [-0.15, -0.1) is 11.3 Å². The summed E-state index contributed by atoms with van der Waals surface area (Å²) in [6, 6.07) is 0. The van der Waals surface area contributed by atoms with Crippen molar-refractivity contribution in [3.8, 4) is 0 Å². The number of esters is 1. The lowest BCUT2D eigenvalue weighted by molar-refractivity contribution is -0.154. The molecule has 1 rings (SSSR count). The van der Waals surface area contributed by atoms with E-state index < -0.39 is 21.6 Å². The number of nitrogens with zero attached hydrogens (tertiary/aromatic N) is 1. The summed E-state index contributed by atoms with van der Waals surface area (Å²) < 4.78 is 31.8. The zero-order chi connectivity index (χ0) is 17.8. The van der Waals surface area contributed by atoms with Crippen molar-refractivity contribution in [1.29, 1.82) is 0 Å². The van der Waals surface area contributed by atoms with Gasteiger partial charge in [-0.1, -0.05) is 0 Å². The van der Waals surface area contributed by atoms with Gasteiger partial charge in [0.05, 0.1) is 6.42 Å². The number of anilines is 1. The van der Waals surface area contributed by atoms with Crippen LogP contribution >= 0.6 is 11.3 Å². The topological polar surface area (TPSA) is 114 Å². The van der Waals surface area contributed by atoms with Gasteiger partial charge in [-0.2, -0.15) is 0 Å². The normalized spacial score (nSPS) is 12.0. The number of ether oxygens (including phenoxy) is 1. The number of carbonyl (C=O) groups excluding carboxylic acids is 2. The quantitative estimate of drug-likeness (QED) is 0.739. The molecule has 8 nitrogen and oxygen atoms in total. The number of sulfonamides is 1. The minimum Gasteiger partial charge on any atom is -0.460 e. The predicted molar refractivity (Wildman–Crippen MR) is 86.8 cm³/mol. The summed E-state index contributed by atoms with van der Waals surface area (Å²) in [5.41, 5.74) is -0.616. The molecular formula is C13H21N3O5S2. The summed E-state index contributed by atoms with van der Waals surface area (Å²) in [6.07, 6.45) is -0.0851. The van der Waals surface area contributed by atoms with Crippen LogP contribution in [0.1, 0.15) is 39.0 Å². The number of hydrogen-bond acceptors (Lipinski definition) is 7. The number of aromatic nitrogens is 1. The van der Waals surface area contributed by atoms with Crippen molar-refractivity contribution < 1.29 is 22.7 Å². The first-order chi connectivity index (χ1) is 10.4. The summed E-state index contributed by atoms with van der Waals surface area (Å²) in [4.78, 5) is 26.9. The van der Waals surface area contributed by atoms with E-state index in [9.17, 15) is 18.0 Å². The molecule has 0 fully saturated rings. The summed E-state index contributed by atoms with van der Waals surface area (Å²) in [6.45, 7) is 8.00. The third-order valence-electron chi connectivity index (χ3n) is 2.33. The van der Waals surface area contributed by atoms with Gasteiger partial charge in [-0.05, 0) is 27.7 Å². The first-order valence-corrected chi connectivity index (χ1v) is 9.17. The fraction of sp³-hybridized carbons (Fsp3) is 0.615. The van der Waals surface area contributed by atoms with Crippen LogP contribution in [0.15, 0.2) is 5.03 Å². The van der Waals surface area contributed by atoms with Crippen LogP contribution in [0.2, 0.25) is 0 Å². The van der Waals surface area contributed by atoms with Crippen LogP contribution in [0.25, 0.3) is 0 Å². The Hall–Kier alpha value is -1.52. The summed E-state index contributed by atoms with van der Waals surface area (Å²) in [7, 11) is -3.86. The molecule has 1 aromatic rings. The van der Waals surface area contributed by atoms with E-state index in [4.69, 9.17) is 4.74 Å². The lowest BCUT2D eigenvalue weighted by Crippen LogP contribution is -2.30. The molecule has 0 aliphatic rings. The third-order valence-corrected chi connectivity index (χ3v) is 4.84. The molecule has 0 aliphatic carbocycles. The molecule has 130 valence electrons. The fourth-order valence-electron chi connectivity index (χ4n) is 1.58. The Labute approximate surface area is 139 Å². The SMILES string of the molecule is CC(=O)Nc1nc(S(=O)(=O)NCCC(=O)OC(C)(C)C)c(C)s1. The molecule has 1 heterocycles. The maximum atomic E-state index is 12.2. The second-order valence-corrected chi connectivity index (χ2v) is 8.68. The first kappa shape index (κ1) is 19.5. The van der Waals surface area contributed by atoms with Crippen molar-refractivity contribution in [3.05, 3.63) is 4.88 Å². The molecule has 10 heteroatoms. The largest absolute Gasteiger partial charge is 0.460 e. The van der Waals surface area contributed by atoms with Crippen LogP contribution in [0.3, 0.4) is 0 Å². The Balaban J connectivity index is 2.68. The molecule has 2 N–H and O–H groups in total. The number of nitrogens with one attached hydrogen (secondary N) is 2. The van der Waals surface area contributed by atoms with E-state index in [1.807, 2.05) is 0 Å². The van der Waals surface area contributed by atoms with Crippen LogP contribution in [-0.4, -0.2) is 37.4 Å². The van der Waals surface area contributed by atoms with Crippen LogP contribution in [0, 0.1) is 6.92 Å². The van der Waals surface area contributed by atoms with Crippen LogP contribution < -0.4 is 10.0 Å². The van der Waals surface area contributed by atoms with E-state index in [2.05, 4.69) is 15.0 Å². The average Bonchev–Trinajstić information content (AvgIpc) is 2.67. The van der Waals surface area contributed by atoms with Gasteiger partial charge in [-0.3, -0.25) is 9.59 Å². The third kappa shape index (κ3) is 6.63. The Morgan fingerprint density at radius 3 is 2.43 bits per heavy atom. The Kier molecular flexibility index (Phi) is 6.25. The van der Waals surface area contributed by atoms with E-state index in [-0.39, 0.29) is 29.0 Å². The standard InChI is InChI=1S/C13H21N3O5S2/c1-8-11(16-12(22-8)15-9(2)17)23(19,20)14-7-6-10(18)21-13(3,4)5/h14H,6-7H2,1-5H3,(H,15,16,17). The molecule has 0 radical (unpaired) electrons. The number of thiazole rings is 1. The molecule has 0 atom stereocenters. The van der Waals surface area contributed by atoms with E-state index in [1.54, 1.807) is 27.7 Å². The zero-order valence-electron chi connectivity index (χ0n) is 13.7. The van der Waals surface area contributed by atoms with Crippen molar-refractivity contribution in [1.82, 2.24) is 9.71 Å². The lowest BCUT2D eigenvalue weighted by Gasteiger charge is -2.19. The molecular weight excluding hydrogens is 342 g/mol. The first-order valence-electron chi connectivity index (χ1n) is 6.87. The second-order valence-electron chi connectivity index (χ2n) is 5.80. The van der Waals surface area contributed by atoms with Crippen molar-refractivity contribution in [3.63, 3.8) is 0 Å². The molecule has 0 saturated carbocycles. The molecule has 1 aromatic heterocycles. The number of aryl methyl sites for hydroxylation is 1. The van der Waals surface area contributed by atoms with Crippen molar-refractivity contribution in [2.45, 2.75) is 51.7 Å². The number of carbonyl (C=O) groups is 2. The molecule has 1 amide bonds. The van der Waals surface area contributed by atoms with E-state index in [1.165, 1.54) is 6.92 Å². The molecule has 0 aliphatic heterocycles. The highest BCUT2D eigenvalue weighted by atomic mass is 32.2. The van der Waals surface area contributed by atoms with Crippen LogP contribution in [0.4, 0.5) is 5.13 Å². The maximum absolute atomic E-state index is 12.2. The van der Waals surface area contributed by atoms with Gasteiger partial charge in [0, 0.05) is 18.3 Å². The van der Waals surface area contributed by atoms with Crippen LogP contribution in [-0.2, 0) is 24.3 Å². The van der Waals surface area contributed by atoms with E-state index >= 15 is 0 Å². The predicted octanol–water partition coefficient (Wildman–Crippen LogP) is 1.42. The zero-order valence-corrected chi connectivity index (χ0v) is 15.4. The summed E-state index contributed by atoms with van der Waals surface area (Å²) in [5, 5.41) is 2.49. The van der Waals surface area contributed by atoms with Gasteiger partial charge < -0.3 is 10.1 Å². The van der Waals surface area contributed by atoms with Crippen molar-refractivity contribution >= 4 is 38.4 Å². The fourth-order valence-corrected chi connectivity index (χ4v) is 3.95. The molecule has 23 heavy (non-hydrogen) atoms. The number of rotatable bonds is 6. The van der Waals surface area contributed by atoms with E-state index in [0.717, 1.165) is 11.3 Å². The van der Waals surface area contributed by atoms with Gasteiger partial charge in [0.15, 0.2) is 10.2 Å². The summed E-state index contributed by atoms with van der Waals surface area (Å²) >= 11 is 1.06. The van der Waals surface area contributed by atoms with Gasteiger partial charge >= 0.3 is 5.97 Å². The van der Waals surface area contributed by atoms with Crippen molar-refractivity contribution in [2.75, 3.05) is 11.9 Å². The average molecular weight is 363 g/mol. The van der Waals surface area contributed by atoms with Crippen LogP contribution in [0.5, 0.6) is 0 Å². The van der Waals surface area contributed by atoms with Gasteiger partial charge in [-0.25, -0.2) is 18.1 Å². The maximum Gasteiger partial charge on any atom is 0.307 e. The van der Waals surface area contributed by atoms with Crippen molar-refractivity contribution in [2.24, 2.45) is 0 Å². The minimum absolute atomic E-state index is 0.0851. The number of amides is 1. The highest BCUT2D eigenvalue weighted by Gasteiger charge is 2.23. The lowest BCUT2D eigenvalue weighted by atomic mass is 10.2.